The monoisotopic (exact) mass is 325 g/mol. The summed E-state index contributed by atoms with van der Waals surface area (Å²) in [6.45, 7) is 6.27. The van der Waals surface area contributed by atoms with Gasteiger partial charge in [0.05, 0.1) is 17.8 Å². The van der Waals surface area contributed by atoms with Crippen LogP contribution in [0.1, 0.15) is 49.6 Å². The van der Waals surface area contributed by atoms with Crippen molar-refractivity contribution in [2.45, 2.75) is 58.9 Å². The van der Waals surface area contributed by atoms with E-state index in [9.17, 15) is 4.79 Å². The van der Waals surface area contributed by atoms with Gasteiger partial charge in [0.25, 0.3) is 0 Å². The lowest BCUT2D eigenvalue weighted by molar-refractivity contribution is -0.121. The summed E-state index contributed by atoms with van der Waals surface area (Å²) < 4.78 is 1.93. The van der Waals surface area contributed by atoms with Gasteiger partial charge in [-0.15, -0.1) is 0 Å². The quantitative estimate of drug-likeness (QED) is 0.931. The molecule has 1 aromatic carbocycles. The van der Waals surface area contributed by atoms with Gasteiger partial charge in [0.2, 0.25) is 5.91 Å². The van der Waals surface area contributed by atoms with Gasteiger partial charge in [-0.2, -0.15) is 5.10 Å². The molecule has 0 bridgehead atoms. The van der Waals surface area contributed by atoms with E-state index in [1.807, 2.05) is 48.9 Å². The molecule has 1 amide bonds. The van der Waals surface area contributed by atoms with Gasteiger partial charge in [0.1, 0.15) is 0 Å². The minimum absolute atomic E-state index is 0.118. The van der Waals surface area contributed by atoms with E-state index >= 15 is 0 Å². The van der Waals surface area contributed by atoms with E-state index in [4.69, 9.17) is 0 Å². The molecule has 0 unspecified atom stereocenters. The second-order valence-corrected chi connectivity index (χ2v) is 7.01. The molecular formula is C20H27N3O. The summed E-state index contributed by atoms with van der Waals surface area (Å²) in [6.07, 6.45) is 5.24. The first kappa shape index (κ1) is 16.7. The third kappa shape index (κ3) is 3.53. The van der Waals surface area contributed by atoms with E-state index in [1.54, 1.807) is 0 Å². The predicted octanol–water partition coefficient (Wildman–Crippen LogP) is 3.73. The molecule has 1 heterocycles. The number of benzene rings is 1. The van der Waals surface area contributed by atoms with Crippen LogP contribution in [0.5, 0.6) is 0 Å². The Hall–Kier alpha value is -2.10. The molecular weight excluding hydrogens is 298 g/mol. The highest BCUT2D eigenvalue weighted by atomic mass is 16.1. The Morgan fingerprint density at radius 3 is 2.62 bits per heavy atom. The Kier molecular flexibility index (Phi) is 5.03. The molecule has 1 N–H and O–H groups in total. The lowest BCUT2D eigenvalue weighted by Gasteiger charge is -2.29. The fourth-order valence-electron chi connectivity index (χ4n) is 3.70. The van der Waals surface area contributed by atoms with E-state index in [0.717, 1.165) is 29.1 Å². The standard InChI is InChI=1S/C20H27N3O/c1-14-9-7-8-12-19(14)21-20(24)13-18-15(2)22-23(16(18)3)17-10-5-4-6-11-17/h4-6,10-11,14,19H,7-9,12-13H2,1-3H3,(H,21,24)/t14-,19+/m1/s1. The second kappa shape index (κ2) is 7.20. The molecule has 24 heavy (non-hydrogen) atoms. The van der Waals surface area contributed by atoms with Gasteiger partial charge in [0.15, 0.2) is 0 Å². The Morgan fingerprint density at radius 2 is 1.92 bits per heavy atom. The first-order valence-corrected chi connectivity index (χ1v) is 8.96. The van der Waals surface area contributed by atoms with Gasteiger partial charge >= 0.3 is 0 Å². The Bertz CT molecular complexity index is 705. The molecule has 0 aliphatic heterocycles. The predicted molar refractivity (Wildman–Crippen MR) is 96.3 cm³/mol. The maximum Gasteiger partial charge on any atom is 0.224 e. The molecule has 1 saturated carbocycles. The van der Waals surface area contributed by atoms with E-state index in [0.29, 0.717) is 18.4 Å². The fraction of sp³-hybridized carbons (Fsp3) is 0.500. The molecule has 1 aliphatic rings. The van der Waals surface area contributed by atoms with Crippen molar-refractivity contribution in [3.8, 4) is 5.69 Å². The second-order valence-electron chi connectivity index (χ2n) is 7.01. The number of hydrogen-bond acceptors (Lipinski definition) is 2. The maximum absolute atomic E-state index is 12.5. The van der Waals surface area contributed by atoms with E-state index in [1.165, 1.54) is 19.3 Å². The number of aromatic nitrogens is 2. The van der Waals surface area contributed by atoms with E-state index in [2.05, 4.69) is 17.3 Å². The van der Waals surface area contributed by atoms with Gasteiger partial charge in [-0.25, -0.2) is 4.68 Å². The first-order chi connectivity index (χ1) is 11.6. The summed E-state index contributed by atoms with van der Waals surface area (Å²) in [6, 6.07) is 10.4. The third-order valence-corrected chi connectivity index (χ3v) is 5.24. The van der Waals surface area contributed by atoms with Crippen molar-refractivity contribution in [3.05, 3.63) is 47.3 Å². The largest absolute Gasteiger partial charge is 0.353 e. The van der Waals surface area contributed by atoms with Crippen LogP contribution in [0.3, 0.4) is 0 Å². The smallest absolute Gasteiger partial charge is 0.224 e. The fourth-order valence-corrected chi connectivity index (χ4v) is 3.70. The summed E-state index contributed by atoms with van der Waals surface area (Å²) in [4.78, 5) is 12.5. The van der Waals surface area contributed by atoms with Crippen LogP contribution in [-0.4, -0.2) is 21.7 Å². The SMILES string of the molecule is Cc1nn(-c2ccccc2)c(C)c1CC(=O)N[C@H]1CCCC[C@H]1C. The number of nitrogens with zero attached hydrogens (tertiary/aromatic N) is 2. The number of carbonyl (C=O) groups excluding carboxylic acids is 1. The van der Waals surface area contributed by atoms with E-state index in [-0.39, 0.29) is 5.91 Å². The summed E-state index contributed by atoms with van der Waals surface area (Å²) in [7, 11) is 0. The summed E-state index contributed by atoms with van der Waals surface area (Å²) in [5.41, 5.74) is 4.05. The van der Waals surface area contributed by atoms with Gasteiger partial charge in [-0.05, 0) is 44.7 Å². The van der Waals surface area contributed by atoms with Crippen molar-refractivity contribution >= 4 is 5.91 Å². The molecule has 3 rings (SSSR count). The van der Waals surface area contributed by atoms with Gasteiger partial charge in [-0.1, -0.05) is 38.0 Å². The van der Waals surface area contributed by atoms with Crippen LogP contribution in [0.4, 0.5) is 0 Å². The molecule has 4 heteroatoms. The molecule has 2 aromatic rings. The highest BCUT2D eigenvalue weighted by Crippen LogP contribution is 2.24. The van der Waals surface area contributed by atoms with Crippen LogP contribution >= 0.6 is 0 Å². The Balaban J connectivity index is 1.73. The molecule has 4 nitrogen and oxygen atoms in total. The topological polar surface area (TPSA) is 46.9 Å². The van der Waals surface area contributed by atoms with Crippen LogP contribution in [0.25, 0.3) is 5.69 Å². The first-order valence-electron chi connectivity index (χ1n) is 8.96. The van der Waals surface area contributed by atoms with Crippen molar-refractivity contribution in [2.75, 3.05) is 0 Å². The molecule has 1 aliphatic carbocycles. The number of rotatable bonds is 4. The molecule has 2 atom stereocenters. The zero-order valence-corrected chi connectivity index (χ0v) is 14.9. The van der Waals surface area contributed by atoms with Crippen molar-refractivity contribution < 1.29 is 4.79 Å². The van der Waals surface area contributed by atoms with Crippen molar-refractivity contribution in [1.29, 1.82) is 0 Å². The Morgan fingerprint density at radius 1 is 1.21 bits per heavy atom. The third-order valence-electron chi connectivity index (χ3n) is 5.24. The average Bonchev–Trinajstić information content (AvgIpc) is 2.86. The van der Waals surface area contributed by atoms with E-state index < -0.39 is 0 Å². The van der Waals surface area contributed by atoms with Crippen LogP contribution in [-0.2, 0) is 11.2 Å². The highest BCUT2D eigenvalue weighted by molar-refractivity contribution is 5.79. The zero-order chi connectivity index (χ0) is 17.1. The molecule has 128 valence electrons. The molecule has 1 aromatic heterocycles. The lowest BCUT2D eigenvalue weighted by Crippen LogP contribution is -2.41. The maximum atomic E-state index is 12.5. The summed E-state index contributed by atoms with van der Waals surface area (Å²) in [5.74, 6) is 0.699. The highest BCUT2D eigenvalue weighted by Gasteiger charge is 2.24. The minimum atomic E-state index is 0.118. The van der Waals surface area contributed by atoms with Crippen molar-refractivity contribution in [2.24, 2.45) is 5.92 Å². The summed E-state index contributed by atoms with van der Waals surface area (Å²) in [5, 5.41) is 7.88. The number of hydrogen-bond donors (Lipinski definition) is 1. The molecule has 0 saturated heterocycles. The molecule has 0 radical (unpaired) electrons. The normalized spacial score (nSPS) is 20.8. The summed E-state index contributed by atoms with van der Waals surface area (Å²) >= 11 is 0. The zero-order valence-electron chi connectivity index (χ0n) is 14.9. The average molecular weight is 325 g/mol. The minimum Gasteiger partial charge on any atom is -0.353 e. The van der Waals surface area contributed by atoms with Crippen LogP contribution in [0.15, 0.2) is 30.3 Å². The molecule has 1 fully saturated rings. The number of para-hydroxylation sites is 1. The Labute approximate surface area is 144 Å². The van der Waals surface area contributed by atoms with Crippen LogP contribution in [0.2, 0.25) is 0 Å². The number of amides is 1. The molecule has 0 spiro atoms. The van der Waals surface area contributed by atoms with Gasteiger partial charge in [0, 0.05) is 17.3 Å². The van der Waals surface area contributed by atoms with Crippen LogP contribution < -0.4 is 5.32 Å². The number of nitrogens with one attached hydrogen (secondary N) is 1. The lowest BCUT2D eigenvalue weighted by atomic mass is 9.86. The van der Waals surface area contributed by atoms with Crippen molar-refractivity contribution in [3.63, 3.8) is 0 Å². The van der Waals surface area contributed by atoms with Crippen molar-refractivity contribution in [1.82, 2.24) is 15.1 Å². The van der Waals surface area contributed by atoms with Gasteiger partial charge in [-0.3, -0.25) is 4.79 Å². The van der Waals surface area contributed by atoms with Crippen LogP contribution in [0, 0.1) is 19.8 Å². The number of aryl methyl sites for hydroxylation is 1. The number of carbonyl (C=O) groups is 1. The van der Waals surface area contributed by atoms with Gasteiger partial charge < -0.3 is 5.32 Å².